The molecular weight excluding hydrogens is 432 g/mol. The minimum absolute atomic E-state index is 0.0464. The number of sulfonamides is 1. The van der Waals surface area contributed by atoms with Crippen molar-refractivity contribution in [2.45, 2.75) is 76.7 Å². The van der Waals surface area contributed by atoms with E-state index in [1.54, 1.807) is 10.4 Å². The number of fused-ring (bicyclic) bond motifs is 4. The molecule has 1 aromatic rings. The van der Waals surface area contributed by atoms with Gasteiger partial charge >= 0.3 is 0 Å². The molecule has 3 atom stereocenters. The third kappa shape index (κ3) is 3.51. The molecule has 2 saturated carbocycles. The third-order valence-corrected chi connectivity index (χ3v) is 12.1. The van der Waals surface area contributed by atoms with Crippen molar-refractivity contribution >= 4 is 15.9 Å². The molecule has 2 bridgehead atoms. The van der Waals surface area contributed by atoms with Crippen molar-refractivity contribution in [2.75, 3.05) is 18.8 Å². The SMILES string of the molecule is C=CCC(=O)NC1CC2CC[C@]1(CS(=O)(=O)N1CCC3(CCc4ccccc43)CC1)C2(C)C. The molecule has 33 heavy (non-hydrogen) atoms. The highest BCUT2D eigenvalue weighted by Crippen LogP contribution is 2.66. The summed E-state index contributed by atoms with van der Waals surface area (Å²) in [7, 11) is -3.42. The molecule has 3 fully saturated rings. The van der Waals surface area contributed by atoms with E-state index in [1.165, 1.54) is 11.1 Å². The Bertz CT molecular complexity index is 1050. The van der Waals surface area contributed by atoms with Gasteiger partial charge in [0.15, 0.2) is 0 Å². The van der Waals surface area contributed by atoms with Crippen LogP contribution in [0, 0.1) is 16.7 Å². The Morgan fingerprint density at radius 2 is 1.91 bits per heavy atom. The normalized spacial score (nSPS) is 32.1. The summed E-state index contributed by atoms with van der Waals surface area (Å²) in [6.07, 6.45) is 8.74. The van der Waals surface area contributed by atoms with Crippen molar-refractivity contribution in [3.63, 3.8) is 0 Å². The van der Waals surface area contributed by atoms with Crippen LogP contribution in [0.1, 0.15) is 69.9 Å². The number of hydrogen-bond acceptors (Lipinski definition) is 3. The second-order valence-corrected chi connectivity index (χ2v) is 13.5. The largest absolute Gasteiger partial charge is 0.352 e. The minimum atomic E-state index is -3.42. The number of nitrogens with zero attached hydrogens (tertiary/aromatic N) is 1. The molecule has 5 nitrogen and oxygen atoms in total. The summed E-state index contributed by atoms with van der Waals surface area (Å²) in [6.45, 7) is 9.32. The smallest absolute Gasteiger partial charge is 0.224 e. The molecule has 0 radical (unpaired) electrons. The van der Waals surface area contributed by atoms with Crippen molar-refractivity contribution in [1.29, 1.82) is 0 Å². The molecule has 6 heteroatoms. The minimum Gasteiger partial charge on any atom is -0.352 e. The molecule has 1 N–H and O–H groups in total. The first-order valence-corrected chi connectivity index (χ1v) is 14.2. The van der Waals surface area contributed by atoms with Crippen molar-refractivity contribution in [1.82, 2.24) is 9.62 Å². The van der Waals surface area contributed by atoms with Gasteiger partial charge in [0.2, 0.25) is 15.9 Å². The predicted molar refractivity (Wildman–Crippen MR) is 131 cm³/mol. The molecule has 1 amide bonds. The van der Waals surface area contributed by atoms with Gasteiger partial charge in [-0.3, -0.25) is 4.79 Å². The van der Waals surface area contributed by atoms with Crippen molar-refractivity contribution in [3.8, 4) is 0 Å². The van der Waals surface area contributed by atoms with Gasteiger partial charge < -0.3 is 5.32 Å². The third-order valence-electron chi connectivity index (χ3n) is 10.1. The van der Waals surface area contributed by atoms with E-state index in [0.29, 0.717) is 19.0 Å². The lowest BCUT2D eigenvalue weighted by atomic mass is 9.69. The lowest BCUT2D eigenvalue weighted by Gasteiger charge is -2.45. The average molecular weight is 471 g/mol. The van der Waals surface area contributed by atoms with Crippen LogP contribution in [0.15, 0.2) is 36.9 Å². The Hall–Kier alpha value is -1.66. The number of carbonyl (C=O) groups excluding carboxylic acids is 1. The fourth-order valence-corrected chi connectivity index (χ4v) is 10.2. The number of piperidine rings is 1. The van der Waals surface area contributed by atoms with Gasteiger partial charge in [-0.2, -0.15) is 0 Å². The first-order chi connectivity index (χ1) is 15.6. The van der Waals surface area contributed by atoms with Crippen LogP contribution < -0.4 is 5.32 Å². The summed E-state index contributed by atoms with van der Waals surface area (Å²) >= 11 is 0. The van der Waals surface area contributed by atoms with E-state index in [4.69, 9.17) is 0 Å². The zero-order valence-corrected chi connectivity index (χ0v) is 20.9. The van der Waals surface area contributed by atoms with Gasteiger partial charge in [0.1, 0.15) is 0 Å². The monoisotopic (exact) mass is 470 g/mol. The Kier molecular flexibility index (Phi) is 5.56. The van der Waals surface area contributed by atoms with Gasteiger partial charge in [-0.05, 0) is 72.8 Å². The van der Waals surface area contributed by atoms with Crippen LogP contribution in [0.5, 0.6) is 0 Å². The fourth-order valence-electron chi connectivity index (χ4n) is 7.90. The number of benzene rings is 1. The number of amides is 1. The Morgan fingerprint density at radius 3 is 2.61 bits per heavy atom. The lowest BCUT2D eigenvalue weighted by Crippen LogP contribution is -2.55. The van der Waals surface area contributed by atoms with E-state index in [2.05, 4.69) is 50.0 Å². The second-order valence-electron chi connectivity index (χ2n) is 11.6. The van der Waals surface area contributed by atoms with Gasteiger partial charge in [0, 0.05) is 31.0 Å². The average Bonchev–Trinajstić information content (AvgIpc) is 3.31. The lowest BCUT2D eigenvalue weighted by molar-refractivity contribution is -0.122. The van der Waals surface area contributed by atoms with E-state index in [9.17, 15) is 13.2 Å². The molecule has 1 aromatic carbocycles. The van der Waals surface area contributed by atoms with E-state index < -0.39 is 15.4 Å². The summed E-state index contributed by atoms with van der Waals surface area (Å²) in [6, 6.07) is 8.63. The zero-order valence-electron chi connectivity index (χ0n) is 20.1. The number of hydrogen-bond donors (Lipinski definition) is 1. The second kappa shape index (κ2) is 7.94. The van der Waals surface area contributed by atoms with Crippen LogP contribution in [0.4, 0.5) is 0 Å². The van der Waals surface area contributed by atoms with Gasteiger partial charge in [-0.1, -0.05) is 44.2 Å². The summed E-state index contributed by atoms with van der Waals surface area (Å²) in [5, 5.41) is 3.19. The molecule has 1 heterocycles. The summed E-state index contributed by atoms with van der Waals surface area (Å²) in [4.78, 5) is 12.4. The van der Waals surface area contributed by atoms with Gasteiger partial charge in [0.25, 0.3) is 0 Å². The first-order valence-electron chi connectivity index (χ1n) is 12.6. The topological polar surface area (TPSA) is 66.5 Å². The number of carbonyl (C=O) groups is 1. The van der Waals surface area contributed by atoms with Crippen LogP contribution in [0.25, 0.3) is 0 Å². The van der Waals surface area contributed by atoms with Gasteiger partial charge in [-0.25, -0.2) is 12.7 Å². The molecule has 5 rings (SSSR count). The predicted octanol–water partition coefficient (Wildman–Crippen LogP) is 4.18. The summed E-state index contributed by atoms with van der Waals surface area (Å²) < 4.78 is 29.4. The first kappa shape index (κ1) is 23.1. The highest BCUT2D eigenvalue weighted by atomic mass is 32.2. The van der Waals surface area contributed by atoms with Crippen molar-refractivity contribution in [2.24, 2.45) is 16.7 Å². The maximum atomic E-state index is 13.8. The van der Waals surface area contributed by atoms with Gasteiger partial charge in [-0.15, -0.1) is 6.58 Å². The molecule has 1 aliphatic heterocycles. The molecule has 0 aromatic heterocycles. The molecule has 1 spiro atoms. The number of rotatable bonds is 6. The summed E-state index contributed by atoms with van der Waals surface area (Å²) in [5.41, 5.74) is 2.53. The molecule has 180 valence electrons. The Morgan fingerprint density at radius 1 is 1.18 bits per heavy atom. The highest BCUT2D eigenvalue weighted by molar-refractivity contribution is 7.89. The number of aryl methyl sites for hydroxylation is 1. The van der Waals surface area contributed by atoms with Crippen molar-refractivity contribution < 1.29 is 13.2 Å². The Balaban J connectivity index is 1.34. The standard InChI is InChI=1S/C27H38N2O3S/c1-4-7-24(30)28-23-18-21-11-13-27(23,25(21,2)3)19-33(31,32)29-16-14-26(15-17-29)12-10-20-8-5-6-9-22(20)26/h4-6,8-9,21,23H,1,7,10-19H2,2-3H3,(H,28,30)/t21?,23?,27-/m1/s1. The Labute approximate surface area is 199 Å². The number of nitrogens with one attached hydrogen (secondary N) is 1. The molecule has 4 aliphatic rings. The van der Waals surface area contributed by atoms with Crippen molar-refractivity contribution in [3.05, 3.63) is 48.0 Å². The quantitative estimate of drug-likeness (QED) is 0.634. The van der Waals surface area contributed by atoms with Crippen LogP contribution >= 0.6 is 0 Å². The molecule has 3 aliphatic carbocycles. The maximum absolute atomic E-state index is 13.8. The molecule has 2 unspecified atom stereocenters. The maximum Gasteiger partial charge on any atom is 0.224 e. The fraction of sp³-hybridized carbons (Fsp3) is 0.667. The van der Waals surface area contributed by atoms with E-state index in [0.717, 1.165) is 44.9 Å². The van der Waals surface area contributed by atoms with E-state index in [1.807, 2.05) is 0 Å². The zero-order chi connectivity index (χ0) is 23.5. The van der Waals surface area contributed by atoms with Crippen LogP contribution in [0.2, 0.25) is 0 Å². The highest BCUT2D eigenvalue weighted by Gasteiger charge is 2.66. The van der Waals surface area contributed by atoms with Crippen LogP contribution in [-0.2, 0) is 26.7 Å². The van der Waals surface area contributed by atoms with E-state index >= 15 is 0 Å². The van der Waals surface area contributed by atoms with Crippen LogP contribution in [-0.4, -0.2) is 43.5 Å². The van der Waals surface area contributed by atoms with Gasteiger partial charge in [0.05, 0.1) is 5.75 Å². The van der Waals surface area contributed by atoms with Crippen LogP contribution in [0.3, 0.4) is 0 Å². The molecular formula is C27H38N2O3S. The summed E-state index contributed by atoms with van der Waals surface area (Å²) in [5.74, 6) is 0.558. The van der Waals surface area contributed by atoms with E-state index in [-0.39, 0.29) is 35.0 Å². The molecule has 1 saturated heterocycles.